The van der Waals surface area contributed by atoms with E-state index in [0.717, 1.165) is 12.8 Å². The summed E-state index contributed by atoms with van der Waals surface area (Å²) >= 11 is 0. The molecular formula is C16H18FNO. The van der Waals surface area contributed by atoms with Gasteiger partial charge in [-0.1, -0.05) is 42.5 Å². The second kappa shape index (κ2) is 6.90. The highest BCUT2D eigenvalue weighted by Gasteiger charge is 2.09. The summed E-state index contributed by atoms with van der Waals surface area (Å²) in [5.74, 6) is -0.291. The highest BCUT2D eigenvalue weighted by atomic mass is 19.1. The maximum absolute atomic E-state index is 13.5. The number of benzene rings is 2. The molecule has 19 heavy (non-hydrogen) atoms. The van der Waals surface area contributed by atoms with E-state index in [1.54, 1.807) is 18.2 Å². The summed E-state index contributed by atoms with van der Waals surface area (Å²) in [5.41, 5.74) is 1.66. The van der Waals surface area contributed by atoms with Crippen molar-refractivity contribution in [2.75, 3.05) is 11.9 Å². The van der Waals surface area contributed by atoms with Crippen LogP contribution in [0.5, 0.6) is 0 Å². The van der Waals surface area contributed by atoms with E-state index in [4.69, 9.17) is 0 Å². The van der Waals surface area contributed by atoms with Crippen molar-refractivity contribution in [2.45, 2.75) is 18.9 Å². The third-order valence-electron chi connectivity index (χ3n) is 3.08. The van der Waals surface area contributed by atoms with Crippen LogP contribution < -0.4 is 5.32 Å². The smallest absolute Gasteiger partial charge is 0.146 e. The Kier molecular flexibility index (Phi) is 4.93. The van der Waals surface area contributed by atoms with Crippen LogP contribution in [0.1, 0.15) is 12.0 Å². The first kappa shape index (κ1) is 13.6. The van der Waals surface area contributed by atoms with Gasteiger partial charge in [-0.15, -0.1) is 0 Å². The van der Waals surface area contributed by atoms with Crippen molar-refractivity contribution in [1.82, 2.24) is 0 Å². The molecule has 0 aliphatic carbocycles. The highest BCUT2D eigenvalue weighted by molar-refractivity contribution is 5.45. The SMILES string of the molecule is OCC(CCc1ccccc1)Nc1ccccc1F. The van der Waals surface area contributed by atoms with Gasteiger partial charge in [0.15, 0.2) is 0 Å². The van der Waals surface area contributed by atoms with Crippen LogP contribution in [-0.2, 0) is 6.42 Å². The zero-order chi connectivity index (χ0) is 13.5. The lowest BCUT2D eigenvalue weighted by molar-refractivity contribution is 0.269. The molecule has 0 aromatic heterocycles. The van der Waals surface area contributed by atoms with Crippen molar-refractivity contribution in [2.24, 2.45) is 0 Å². The summed E-state index contributed by atoms with van der Waals surface area (Å²) in [5, 5.41) is 12.4. The van der Waals surface area contributed by atoms with E-state index in [2.05, 4.69) is 17.4 Å². The molecule has 0 spiro atoms. The number of anilines is 1. The second-order valence-electron chi connectivity index (χ2n) is 4.53. The summed E-state index contributed by atoms with van der Waals surface area (Å²) in [7, 11) is 0. The molecule has 0 saturated heterocycles. The molecule has 1 unspecified atom stereocenters. The summed E-state index contributed by atoms with van der Waals surface area (Å²) in [6, 6.07) is 16.4. The van der Waals surface area contributed by atoms with Crippen LogP contribution in [0.3, 0.4) is 0 Å². The maximum atomic E-state index is 13.5. The first-order valence-corrected chi connectivity index (χ1v) is 6.45. The van der Waals surface area contributed by atoms with Crippen LogP contribution in [-0.4, -0.2) is 17.8 Å². The van der Waals surface area contributed by atoms with E-state index in [1.165, 1.54) is 11.6 Å². The Labute approximate surface area is 112 Å². The second-order valence-corrected chi connectivity index (χ2v) is 4.53. The number of nitrogens with one attached hydrogen (secondary N) is 1. The van der Waals surface area contributed by atoms with Gasteiger partial charge in [-0.05, 0) is 30.5 Å². The Morgan fingerprint density at radius 2 is 1.68 bits per heavy atom. The number of halogens is 1. The number of aliphatic hydroxyl groups is 1. The first-order chi connectivity index (χ1) is 9.29. The predicted octanol–water partition coefficient (Wildman–Crippen LogP) is 3.23. The fourth-order valence-electron chi connectivity index (χ4n) is 1.99. The predicted molar refractivity (Wildman–Crippen MR) is 75.7 cm³/mol. The van der Waals surface area contributed by atoms with E-state index in [1.807, 2.05) is 18.2 Å². The average molecular weight is 259 g/mol. The number of rotatable bonds is 6. The Bertz CT molecular complexity index is 501. The molecule has 0 radical (unpaired) electrons. The van der Waals surface area contributed by atoms with E-state index < -0.39 is 0 Å². The van der Waals surface area contributed by atoms with E-state index in [9.17, 15) is 9.50 Å². The molecule has 0 fully saturated rings. The fourth-order valence-corrected chi connectivity index (χ4v) is 1.99. The number of aliphatic hydroxyl groups excluding tert-OH is 1. The lowest BCUT2D eigenvalue weighted by atomic mass is 10.1. The molecule has 1 atom stereocenters. The van der Waals surface area contributed by atoms with Crippen LogP contribution in [0.2, 0.25) is 0 Å². The Morgan fingerprint density at radius 1 is 1.00 bits per heavy atom. The van der Waals surface area contributed by atoms with Gasteiger partial charge in [-0.25, -0.2) is 4.39 Å². The Morgan fingerprint density at radius 3 is 2.37 bits per heavy atom. The van der Waals surface area contributed by atoms with Crippen molar-refractivity contribution < 1.29 is 9.50 Å². The van der Waals surface area contributed by atoms with Gasteiger partial charge >= 0.3 is 0 Å². The van der Waals surface area contributed by atoms with Crippen LogP contribution in [0, 0.1) is 5.82 Å². The minimum Gasteiger partial charge on any atom is -0.394 e. The third-order valence-corrected chi connectivity index (χ3v) is 3.08. The lowest BCUT2D eigenvalue weighted by Crippen LogP contribution is -2.25. The van der Waals surface area contributed by atoms with Gasteiger partial charge in [0.1, 0.15) is 5.82 Å². The van der Waals surface area contributed by atoms with Crippen molar-refractivity contribution in [3.8, 4) is 0 Å². The van der Waals surface area contributed by atoms with Gasteiger partial charge in [-0.3, -0.25) is 0 Å². The van der Waals surface area contributed by atoms with Gasteiger partial charge in [0.05, 0.1) is 12.3 Å². The number of hydrogen-bond donors (Lipinski definition) is 2. The zero-order valence-electron chi connectivity index (χ0n) is 10.7. The van der Waals surface area contributed by atoms with Gasteiger partial charge < -0.3 is 10.4 Å². The minimum absolute atomic E-state index is 0.0127. The van der Waals surface area contributed by atoms with E-state index >= 15 is 0 Å². The third kappa shape index (κ3) is 4.07. The van der Waals surface area contributed by atoms with Crippen molar-refractivity contribution in [3.63, 3.8) is 0 Å². The topological polar surface area (TPSA) is 32.3 Å². The van der Waals surface area contributed by atoms with Crippen molar-refractivity contribution in [3.05, 3.63) is 66.0 Å². The number of hydrogen-bond acceptors (Lipinski definition) is 2. The van der Waals surface area contributed by atoms with Crippen molar-refractivity contribution >= 4 is 5.69 Å². The number of para-hydroxylation sites is 1. The standard InChI is InChI=1S/C16H18FNO/c17-15-8-4-5-9-16(15)18-14(12-19)11-10-13-6-2-1-3-7-13/h1-9,14,18-19H,10-12H2. The lowest BCUT2D eigenvalue weighted by Gasteiger charge is -2.18. The molecule has 0 heterocycles. The molecule has 2 N–H and O–H groups in total. The molecule has 0 aliphatic rings. The molecule has 2 aromatic rings. The first-order valence-electron chi connectivity index (χ1n) is 6.45. The van der Waals surface area contributed by atoms with Crippen LogP contribution in [0.25, 0.3) is 0 Å². The van der Waals surface area contributed by atoms with Crippen LogP contribution >= 0.6 is 0 Å². The molecule has 2 rings (SSSR count). The summed E-state index contributed by atoms with van der Waals surface area (Å²) < 4.78 is 13.5. The molecule has 2 nitrogen and oxygen atoms in total. The normalized spacial score (nSPS) is 12.1. The Balaban J connectivity index is 1.92. The molecule has 2 aromatic carbocycles. The Hall–Kier alpha value is -1.87. The van der Waals surface area contributed by atoms with Gasteiger partial charge in [0.25, 0.3) is 0 Å². The quantitative estimate of drug-likeness (QED) is 0.834. The van der Waals surface area contributed by atoms with E-state index in [0.29, 0.717) is 5.69 Å². The van der Waals surface area contributed by atoms with Gasteiger partial charge in [-0.2, -0.15) is 0 Å². The maximum Gasteiger partial charge on any atom is 0.146 e. The average Bonchev–Trinajstić information content (AvgIpc) is 2.46. The number of aryl methyl sites for hydroxylation is 1. The molecule has 0 bridgehead atoms. The summed E-state index contributed by atoms with van der Waals surface area (Å²) in [6.45, 7) is -0.0127. The summed E-state index contributed by atoms with van der Waals surface area (Å²) in [4.78, 5) is 0. The molecule has 0 saturated carbocycles. The largest absolute Gasteiger partial charge is 0.394 e. The van der Waals surface area contributed by atoms with Crippen LogP contribution in [0.15, 0.2) is 54.6 Å². The highest BCUT2D eigenvalue weighted by Crippen LogP contribution is 2.15. The van der Waals surface area contributed by atoms with Crippen molar-refractivity contribution in [1.29, 1.82) is 0 Å². The molecule has 0 amide bonds. The molecule has 3 heteroatoms. The van der Waals surface area contributed by atoms with E-state index in [-0.39, 0.29) is 18.5 Å². The monoisotopic (exact) mass is 259 g/mol. The van der Waals surface area contributed by atoms with Gasteiger partial charge in [0, 0.05) is 6.04 Å². The molecular weight excluding hydrogens is 241 g/mol. The molecule has 100 valence electrons. The molecule has 0 aliphatic heterocycles. The fraction of sp³-hybridized carbons (Fsp3) is 0.250. The zero-order valence-corrected chi connectivity index (χ0v) is 10.7. The minimum atomic E-state index is -0.291. The van der Waals surface area contributed by atoms with Gasteiger partial charge in [0.2, 0.25) is 0 Å². The summed E-state index contributed by atoms with van der Waals surface area (Å²) in [6.07, 6.45) is 1.61. The van der Waals surface area contributed by atoms with Crippen LogP contribution in [0.4, 0.5) is 10.1 Å².